The summed E-state index contributed by atoms with van der Waals surface area (Å²) in [5.74, 6) is -6.26. The number of halogens is 1. The molecule has 4 atom stereocenters. The first kappa shape index (κ1) is 29.9. The smallest absolute Gasteiger partial charge is 0.341 e. The molecular weight excluding hydrogens is 585 g/mol. The quantitative estimate of drug-likeness (QED) is 0.206. The van der Waals surface area contributed by atoms with Crippen LogP contribution in [-0.4, -0.2) is 71.8 Å². The number of aliphatic hydroxyl groups is 1. The molecule has 1 fully saturated rings. The monoisotopic (exact) mass is 607 g/mol. The highest BCUT2D eigenvalue weighted by molar-refractivity contribution is 5.90. The number of pyridine rings is 3. The number of aromatic nitrogens is 5. The Morgan fingerprint density at radius 3 is 1.93 bits per heavy atom. The zero-order valence-electron chi connectivity index (χ0n) is 22.5. The number of hydrogen-bond acceptors (Lipinski definition) is 13. The van der Waals surface area contributed by atoms with E-state index in [0.29, 0.717) is 9.13 Å². The van der Waals surface area contributed by atoms with Crippen molar-refractivity contribution in [1.29, 1.82) is 0 Å². The number of rotatable bonds is 9. The zero-order chi connectivity index (χ0) is 31.3. The number of aliphatic hydroxyl groups excluding tert-OH is 1. The van der Waals surface area contributed by atoms with Gasteiger partial charge in [-0.3, -0.25) is 24.3 Å². The maximum absolute atomic E-state index is 16.1. The fourth-order valence-corrected chi connectivity index (χ4v) is 4.22. The van der Waals surface area contributed by atoms with E-state index < -0.39 is 66.8 Å². The lowest BCUT2D eigenvalue weighted by atomic mass is 10.1. The van der Waals surface area contributed by atoms with E-state index in [-0.39, 0.29) is 16.7 Å². The Labute approximate surface area is 246 Å². The minimum Gasteiger partial charge on any atom is -0.450 e. The number of esters is 3. The largest absolute Gasteiger partial charge is 0.450 e. The normalized spacial score (nSPS) is 20.9. The SMILES string of the molecule is O=C(OCn1c(=O)ccn([C@@H]2O[C@](F)(CO)[C@@H](OC(=O)c3cccnc3)[C@H]2OC(=O)c2cccnc2)c1=O)c1cccnc1. The molecule has 4 aromatic heterocycles. The van der Waals surface area contributed by atoms with Crippen LogP contribution in [0, 0.1) is 0 Å². The molecule has 0 aromatic carbocycles. The number of carbonyl (C=O) groups is 3. The van der Waals surface area contributed by atoms with Gasteiger partial charge in [0.15, 0.2) is 19.1 Å². The van der Waals surface area contributed by atoms with Crippen LogP contribution in [0.3, 0.4) is 0 Å². The van der Waals surface area contributed by atoms with Gasteiger partial charge < -0.3 is 24.1 Å². The summed E-state index contributed by atoms with van der Waals surface area (Å²) in [5.41, 5.74) is -2.22. The van der Waals surface area contributed by atoms with Crippen molar-refractivity contribution in [2.45, 2.75) is 31.0 Å². The number of carbonyl (C=O) groups excluding carboxylic acids is 3. The summed E-state index contributed by atoms with van der Waals surface area (Å²) in [7, 11) is 0. The lowest BCUT2D eigenvalue weighted by Crippen LogP contribution is -2.47. The van der Waals surface area contributed by atoms with Crippen molar-refractivity contribution in [1.82, 2.24) is 24.1 Å². The molecule has 5 heterocycles. The minimum atomic E-state index is -3.20. The number of ether oxygens (including phenoxy) is 4. The van der Waals surface area contributed by atoms with Gasteiger partial charge in [0.25, 0.3) is 11.4 Å². The fraction of sp³-hybridized carbons (Fsp3) is 0.214. The van der Waals surface area contributed by atoms with Gasteiger partial charge in [-0.25, -0.2) is 28.1 Å². The lowest BCUT2D eigenvalue weighted by Gasteiger charge is -2.26. The van der Waals surface area contributed by atoms with Crippen LogP contribution in [0.25, 0.3) is 0 Å². The summed E-state index contributed by atoms with van der Waals surface area (Å²) in [6.45, 7) is -2.26. The van der Waals surface area contributed by atoms with E-state index in [2.05, 4.69) is 15.0 Å². The van der Waals surface area contributed by atoms with Crippen molar-refractivity contribution in [3.05, 3.63) is 123 Å². The molecule has 4 aromatic rings. The van der Waals surface area contributed by atoms with Crippen molar-refractivity contribution >= 4 is 17.9 Å². The molecule has 0 unspecified atom stereocenters. The van der Waals surface area contributed by atoms with Crippen LogP contribution < -0.4 is 11.2 Å². The van der Waals surface area contributed by atoms with E-state index in [9.17, 15) is 29.1 Å². The van der Waals surface area contributed by atoms with Crippen LogP contribution in [0.4, 0.5) is 4.39 Å². The second kappa shape index (κ2) is 12.7. The van der Waals surface area contributed by atoms with Gasteiger partial charge in [0, 0.05) is 49.4 Å². The first-order chi connectivity index (χ1) is 21.2. The van der Waals surface area contributed by atoms with Gasteiger partial charge in [-0.05, 0) is 36.4 Å². The van der Waals surface area contributed by atoms with E-state index in [1.54, 1.807) is 0 Å². The highest BCUT2D eigenvalue weighted by atomic mass is 19.2. The Morgan fingerprint density at radius 2 is 1.41 bits per heavy atom. The standard InChI is InChI=1S/C28H22FN5O10/c29-28(15-35)22(43-26(39)19-6-3-10-32-14-19)21(42-25(38)18-5-2-9-31-13-18)23(44-28)33-11-7-20(36)34(27(33)40)16-41-24(37)17-4-1-8-30-12-17/h1-14,21-23,35H,15-16H2/t21-,22+,23-,28-/m1/s1. The Bertz CT molecular complexity index is 1770. The van der Waals surface area contributed by atoms with E-state index in [1.807, 2.05) is 0 Å². The second-order valence-corrected chi connectivity index (χ2v) is 9.21. The van der Waals surface area contributed by atoms with Gasteiger partial charge >= 0.3 is 23.6 Å². The van der Waals surface area contributed by atoms with Gasteiger partial charge in [0.2, 0.25) is 6.10 Å². The van der Waals surface area contributed by atoms with E-state index in [1.165, 1.54) is 61.2 Å². The third kappa shape index (κ3) is 6.11. The van der Waals surface area contributed by atoms with Crippen LogP contribution in [0.15, 0.2) is 95.4 Å². The van der Waals surface area contributed by atoms with Crippen LogP contribution in [0.1, 0.15) is 37.3 Å². The summed E-state index contributed by atoms with van der Waals surface area (Å²) >= 11 is 0. The second-order valence-electron chi connectivity index (χ2n) is 9.21. The molecule has 44 heavy (non-hydrogen) atoms. The Kier molecular flexibility index (Phi) is 8.63. The van der Waals surface area contributed by atoms with E-state index in [4.69, 9.17) is 18.9 Å². The molecule has 1 N–H and O–H groups in total. The number of alkyl halides is 1. The van der Waals surface area contributed by atoms with Crippen LogP contribution in [0.2, 0.25) is 0 Å². The molecule has 16 heteroatoms. The molecule has 0 saturated carbocycles. The van der Waals surface area contributed by atoms with Crippen LogP contribution in [0.5, 0.6) is 0 Å². The van der Waals surface area contributed by atoms with E-state index in [0.717, 1.165) is 24.7 Å². The first-order valence-electron chi connectivity index (χ1n) is 12.8. The van der Waals surface area contributed by atoms with Gasteiger partial charge in [-0.2, -0.15) is 0 Å². The highest BCUT2D eigenvalue weighted by Gasteiger charge is 2.61. The summed E-state index contributed by atoms with van der Waals surface area (Å²) in [6.07, 6.45) is 2.70. The third-order valence-electron chi connectivity index (χ3n) is 6.40. The zero-order valence-corrected chi connectivity index (χ0v) is 22.5. The molecule has 0 spiro atoms. The molecule has 226 valence electrons. The summed E-state index contributed by atoms with van der Waals surface area (Å²) in [4.78, 5) is 75.8. The molecule has 0 aliphatic carbocycles. The Hall–Kier alpha value is -5.61. The van der Waals surface area contributed by atoms with Crippen molar-refractivity contribution in [2.75, 3.05) is 6.61 Å². The van der Waals surface area contributed by atoms with Crippen molar-refractivity contribution in [3.8, 4) is 0 Å². The molecule has 0 radical (unpaired) electrons. The molecule has 5 rings (SSSR count). The van der Waals surface area contributed by atoms with Gasteiger partial charge in [0.1, 0.15) is 6.61 Å². The third-order valence-corrected chi connectivity index (χ3v) is 6.40. The van der Waals surface area contributed by atoms with Crippen LogP contribution in [-0.2, 0) is 25.7 Å². The maximum atomic E-state index is 16.1. The summed E-state index contributed by atoms with van der Waals surface area (Å²) < 4.78 is 38.6. The number of nitrogens with zero attached hydrogens (tertiary/aromatic N) is 5. The Morgan fingerprint density at radius 1 is 0.864 bits per heavy atom. The van der Waals surface area contributed by atoms with Crippen molar-refractivity contribution < 1.29 is 42.8 Å². The first-order valence-corrected chi connectivity index (χ1v) is 12.8. The fourth-order valence-electron chi connectivity index (χ4n) is 4.22. The molecule has 0 amide bonds. The molecule has 1 saturated heterocycles. The summed E-state index contributed by atoms with van der Waals surface area (Å²) in [6, 6.07) is 9.28. The van der Waals surface area contributed by atoms with E-state index >= 15 is 4.39 Å². The average Bonchev–Trinajstić information content (AvgIpc) is 3.32. The lowest BCUT2D eigenvalue weighted by molar-refractivity contribution is -0.207. The predicted molar refractivity (Wildman–Crippen MR) is 143 cm³/mol. The van der Waals surface area contributed by atoms with Crippen LogP contribution >= 0.6 is 0 Å². The van der Waals surface area contributed by atoms with Gasteiger partial charge in [-0.15, -0.1) is 0 Å². The van der Waals surface area contributed by atoms with Crippen molar-refractivity contribution in [2.24, 2.45) is 0 Å². The predicted octanol–water partition coefficient (Wildman–Crippen LogP) is 0.648. The van der Waals surface area contributed by atoms with Gasteiger partial charge in [-0.1, -0.05) is 0 Å². The van der Waals surface area contributed by atoms with Crippen molar-refractivity contribution in [3.63, 3.8) is 0 Å². The topological polar surface area (TPSA) is 191 Å². The molecule has 1 aliphatic rings. The molecule has 0 bridgehead atoms. The molecule has 15 nitrogen and oxygen atoms in total. The highest BCUT2D eigenvalue weighted by Crippen LogP contribution is 2.41. The Balaban J connectivity index is 1.51. The summed E-state index contributed by atoms with van der Waals surface area (Å²) in [5, 5.41) is 9.98. The van der Waals surface area contributed by atoms with Gasteiger partial charge in [0.05, 0.1) is 16.7 Å². The maximum Gasteiger partial charge on any atom is 0.341 e. The number of hydrogen-bond donors (Lipinski definition) is 1. The minimum absolute atomic E-state index is 0.0433. The molecule has 1 aliphatic heterocycles. The molecular formula is C28H22FN5O10. The average molecular weight is 608 g/mol.